The molecule has 1 heterocycles. The Balaban J connectivity index is 1.68. The normalized spacial score (nSPS) is 12.7. The molecule has 1 aliphatic heterocycles. The van der Waals surface area contributed by atoms with Crippen LogP contribution >= 0.6 is 23.4 Å². The minimum absolute atomic E-state index is 0.181. The number of hydrogen-bond donors (Lipinski definition) is 2. The Labute approximate surface area is 141 Å². The standard InChI is InChI=1S/C16H11ClN2O3S/c17-9-4-6-10(7-5-9)23-8-13(20)18-12-3-1-2-11-14(12)16(22)19-15(11)21/h1-7H,8H2,(H,18,20)(H,19,21,22). The fourth-order valence-corrected chi connectivity index (χ4v) is 3.01. The van der Waals surface area contributed by atoms with E-state index in [1.807, 2.05) is 12.1 Å². The van der Waals surface area contributed by atoms with Gasteiger partial charge in [0, 0.05) is 9.92 Å². The third-order valence-corrected chi connectivity index (χ3v) is 4.48. The van der Waals surface area contributed by atoms with Crippen molar-refractivity contribution in [3.8, 4) is 0 Å². The number of benzene rings is 2. The summed E-state index contributed by atoms with van der Waals surface area (Å²) in [4.78, 5) is 36.4. The van der Waals surface area contributed by atoms with Crippen LogP contribution in [0.15, 0.2) is 47.4 Å². The van der Waals surface area contributed by atoms with Crippen LogP contribution in [0, 0.1) is 0 Å². The van der Waals surface area contributed by atoms with Gasteiger partial charge in [0.15, 0.2) is 0 Å². The molecule has 3 rings (SSSR count). The van der Waals surface area contributed by atoms with Crippen molar-refractivity contribution in [3.63, 3.8) is 0 Å². The van der Waals surface area contributed by atoms with Gasteiger partial charge in [0.25, 0.3) is 11.8 Å². The number of carbonyl (C=O) groups is 3. The number of halogens is 1. The lowest BCUT2D eigenvalue weighted by atomic mass is 10.1. The Kier molecular flexibility index (Phi) is 4.36. The van der Waals surface area contributed by atoms with Crippen molar-refractivity contribution in [3.05, 3.63) is 58.6 Å². The molecule has 0 unspecified atom stereocenters. The SMILES string of the molecule is O=C(CSc1ccc(Cl)cc1)Nc1cccc2c1C(=O)NC2=O. The fourth-order valence-electron chi connectivity index (χ4n) is 2.19. The lowest BCUT2D eigenvalue weighted by molar-refractivity contribution is -0.113. The molecule has 3 amide bonds. The molecule has 23 heavy (non-hydrogen) atoms. The van der Waals surface area contributed by atoms with Crippen LogP contribution in [0.3, 0.4) is 0 Å². The van der Waals surface area contributed by atoms with Gasteiger partial charge in [0.1, 0.15) is 0 Å². The molecule has 0 fully saturated rings. The van der Waals surface area contributed by atoms with E-state index in [4.69, 9.17) is 11.6 Å². The number of amides is 3. The Morgan fingerprint density at radius 3 is 2.57 bits per heavy atom. The first kappa shape index (κ1) is 15.6. The molecule has 5 nitrogen and oxygen atoms in total. The molecular formula is C16H11ClN2O3S. The Bertz CT molecular complexity index is 805. The number of hydrogen-bond acceptors (Lipinski definition) is 4. The van der Waals surface area contributed by atoms with E-state index in [9.17, 15) is 14.4 Å². The van der Waals surface area contributed by atoms with Crippen molar-refractivity contribution in [1.82, 2.24) is 5.32 Å². The van der Waals surface area contributed by atoms with Gasteiger partial charge in [-0.3, -0.25) is 19.7 Å². The first-order chi connectivity index (χ1) is 11.0. The van der Waals surface area contributed by atoms with Gasteiger partial charge in [-0.15, -0.1) is 11.8 Å². The highest BCUT2D eigenvalue weighted by molar-refractivity contribution is 8.00. The van der Waals surface area contributed by atoms with E-state index >= 15 is 0 Å². The number of fused-ring (bicyclic) bond motifs is 1. The van der Waals surface area contributed by atoms with Gasteiger partial charge < -0.3 is 5.32 Å². The molecule has 0 saturated heterocycles. The van der Waals surface area contributed by atoms with Gasteiger partial charge in [0.2, 0.25) is 5.91 Å². The number of nitrogens with one attached hydrogen (secondary N) is 2. The summed E-state index contributed by atoms with van der Waals surface area (Å²) in [5.74, 6) is -1.02. The summed E-state index contributed by atoms with van der Waals surface area (Å²) in [6.07, 6.45) is 0. The van der Waals surface area contributed by atoms with Crippen LogP contribution in [0.5, 0.6) is 0 Å². The summed E-state index contributed by atoms with van der Waals surface area (Å²) >= 11 is 7.16. The van der Waals surface area contributed by atoms with Gasteiger partial charge in [-0.1, -0.05) is 17.7 Å². The Morgan fingerprint density at radius 1 is 1.09 bits per heavy atom. The number of anilines is 1. The zero-order valence-corrected chi connectivity index (χ0v) is 13.3. The smallest absolute Gasteiger partial charge is 0.261 e. The van der Waals surface area contributed by atoms with Crippen LogP contribution in [0.25, 0.3) is 0 Å². The molecule has 2 aromatic rings. The third kappa shape index (κ3) is 3.38. The van der Waals surface area contributed by atoms with Gasteiger partial charge >= 0.3 is 0 Å². The van der Waals surface area contributed by atoms with Crippen LogP contribution in [0.1, 0.15) is 20.7 Å². The van der Waals surface area contributed by atoms with E-state index in [1.165, 1.54) is 11.8 Å². The first-order valence-corrected chi connectivity index (χ1v) is 8.08. The Morgan fingerprint density at radius 2 is 1.83 bits per heavy atom. The topological polar surface area (TPSA) is 75.3 Å². The van der Waals surface area contributed by atoms with Crippen molar-refractivity contribution in [2.24, 2.45) is 0 Å². The molecule has 0 bridgehead atoms. The molecule has 116 valence electrons. The summed E-state index contributed by atoms with van der Waals surface area (Å²) in [7, 11) is 0. The van der Waals surface area contributed by atoms with Crippen molar-refractivity contribution < 1.29 is 14.4 Å². The fraction of sp³-hybridized carbons (Fsp3) is 0.0625. The second kappa shape index (κ2) is 6.44. The highest BCUT2D eigenvalue weighted by Gasteiger charge is 2.29. The maximum atomic E-state index is 12.1. The molecule has 0 aromatic heterocycles. The lowest BCUT2D eigenvalue weighted by Crippen LogP contribution is -2.21. The molecule has 0 atom stereocenters. The largest absolute Gasteiger partial charge is 0.325 e. The molecule has 1 aliphatic rings. The predicted molar refractivity (Wildman–Crippen MR) is 89.0 cm³/mol. The number of carbonyl (C=O) groups excluding carboxylic acids is 3. The van der Waals surface area contributed by atoms with E-state index in [-0.39, 0.29) is 22.8 Å². The van der Waals surface area contributed by atoms with Crippen molar-refractivity contribution >= 4 is 46.8 Å². The van der Waals surface area contributed by atoms with E-state index in [0.717, 1.165) is 4.90 Å². The van der Waals surface area contributed by atoms with Crippen LogP contribution < -0.4 is 10.6 Å². The maximum Gasteiger partial charge on any atom is 0.261 e. The molecule has 7 heteroatoms. The summed E-state index contributed by atoms with van der Waals surface area (Å²) < 4.78 is 0. The molecule has 0 spiro atoms. The molecule has 0 aliphatic carbocycles. The van der Waals surface area contributed by atoms with Gasteiger partial charge in [-0.05, 0) is 36.4 Å². The summed E-state index contributed by atoms with van der Waals surface area (Å²) in [6.45, 7) is 0. The second-order valence-electron chi connectivity index (χ2n) is 4.80. The predicted octanol–water partition coefficient (Wildman–Crippen LogP) is 2.95. The number of thioether (sulfide) groups is 1. The highest BCUT2D eigenvalue weighted by atomic mass is 35.5. The zero-order valence-electron chi connectivity index (χ0n) is 11.8. The maximum absolute atomic E-state index is 12.1. The van der Waals surface area contributed by atoms with E-state index in [1.54, 1.807) is 30.3 Å². The molecular weight excluding hydrogens is 336 g/mol. The van der Waals surface area contributed by atoms with Gasteiger partial charge in [-0.2, -0.15) is 0 Å². The van der Waals surface area contributed by atoms with Crippen LogP contribution in [-0.4, -0.2) is 23.5 Å². The zero-order chi connectivity index (χ0) is 16.4. The number of imide groups is 1. The molecule has 2 aromatic carbocycles. The second-order valence-corrected chi connectivity index (χ2v) is 6.29. The quantitative estimate of drug-likeness (QED) is 0.659. The van der Waals surface area contributed by atoms with E-state index in [0.29, 0.717) is 10.7 Å². The average molecular weight is 347 g/mol. The average Bonchev–Trinajstić information content (AvgIpc) is 2.82. The monoisotopic (exact) mass is 346 g/mol. The van der Waals surface area contributed by atoms with Crippen LogP contribution in [0.4, 0.5) is 5.69 Å². The van der Waals surface area contributed by atoms with Crippen LogP contribution in [0.2, 0.25) is 5.02 Å². The van der Waals surface area contributed by atoms with Crippen molar-refractivity contribution in [2.75, 3.05) is 11.1 Å². The van der Waals surface area contributed by atoms with E-state index in [2.05, 4.69) is 10.6 Å². The third-order valence-electron chi connectivity index (χ3n) is 3.22. The Hall–Kier alpha value is -2.31. The molecule has 0 saturated carbocycles. The van der Waals surface area contributed by atoms with E-state index < -0.39 is 11.8 Å². The lowest BCUT2D eigenvalue weighted by Gasteiger charge is -2.08. The van der Waals surface area contributed by atoms with Crippen molar-refractivity contribution in [2.45, 2.75) is 4.90 Å². The molecule has 0 radical (unpaired) electrons. The summed E-state index contributed by atoms with van der Waals surface area (Å²) in [6, 6.07) is 11.9. The van der Waals surface area contributed by atoms with Crippen LogP contribution in [-0.2, 0) is 4.79 Å². The minimum Gasteiger partial charge on any atom is -0.325 e. The number of rotatable bonds is 4. The van der Waals surface area contributed by atoms with Gasteiger partial charge in [0.05, 0.1) is 22.6 Å². The van der Waals surface area contributed by atoms with Crippen molar-refractivity contribution in [1.29, 1.82) is 0 Å². The highest BCUT2D eigenvalue weighted by Crippen LogP contribution is 2.25. The summed E-state index contributed by atoms with van der Waals surface area (Å²) in [5, 5.41) is 5.52. The van der Waals surface area contributed by atoms with Gasteiger partial charge in [-0.25, -0.2) is 0 Å². The summed E-state index contributed by atoms with van der Waals surface area (Å²) in [5.41, 5.74) is 0.827. The first-order valence-electron chi connectivity index (χ1n) is 6.71. The molecule has 2 N–H and O–H groups in total. The minimum atomic E-state index is -0.494.